The van der Waals surface area contributed by atoms with E-state index in [9.17, 15) is 0 Å². The Bertz CT molecular complexity index is 45.8. The number of nitrogens with two attached hydrogens (primary N) is 1. The zero-order valence-corrected chi connectivity index (χ0v) is 5.78. The van der Waals surface area contributed by atoms with Crippen LogP contribution in [0.1, 0.15) is 26.7 Å². The van der Waals surface area contributed by atoms with Crippen molar-refractivity contribution in [3.63, 3.8) is 0 Å². The summed E-state index contributed by atoms with van der Waals surface area (Å²) < 4.78 is 0. The van der Waals surface area contributed by atoms with Crippen molar-refractivity contribution >= 4 is 0 Å². The van der Waals surface area contributed by atoms with Crippen molar-refractivity contribution < 1.29 is 0 Å². The Balaban J connectivity index is 2.86. The molecular formula is C6H16N2. The summed E-state index contributed by atoms with van der Waals surface area (Å²) in [5, 5.41) is 3.16. The first-order valence-corrected chi connectivity index (χ1v) is 3.30. The molecule has 0 aliphatic rings. The number of nitrogens with one attached hydrogen (secondary N) is 1. The molecule has 50 valence electrons. The van der Waals surface area contributed by atoms with Crippen molar-refractivity contribution in [1.29, 1.82) is 0 Å². The summed E-state index contributed by atoms with van der Waals surface area (Å²) in [7, 11) is 0. The van der Waals surface area contributed by atoms with Crippen molar-refractivity contribution in [2.75, 3.05) is 6.54 Å². The van der Waals surface area contributed by atoms with Crippen molar-refractivity contribution in [2.24, 2.45) is 5.73 Å². The van der Waals surface area contributed by atoms with Crippen molar-refractivity contribution in [3.05, 3.63) is 0 Å². The number of hydrogen-bond donors (Lipinski definition) is 2. The molecule has 0 aromatic rings. The van der Waals surface area contributed by atoms with E-state index in [-0.39, 0.29) is 6.17 Å². The molecule has 2 nitrogen and oxygen atoms in total. The van der Waals surface area contributed by atoms with E-state index < -0.39 is 0 Å². The maximum atomic E-state index is 5.55. The van der Waals surface area contributed by atoms with Gasteiger partial charge in [0.2, 0.25) is 0 Å². The third-order valence-electron chi connectivity index (χ3n) is 1.10. The van der Waals surface area contributed by atoms with Crippen molar-refractivity contribution in [1.82, 2.24) is 5.32 Å². The van der Waals surface area contributed by atoms with Gasteiger partial charge in [-0.25, -0.2) is 0 Å². The number of rotatable bonds is 4. The molecule has 0 amide bonds. The summed E-state index contributed by atoms with van der Waals surface area (Å²) in [5.74, 6) is 0. The molecule has 0 bridgehead atoms. The molecule has 8 heavy (non-hydrogen) atoms. The molecule has 0 heterocycles. The lowest BCUT2D eigenvalue weighted by Crippen LogP contribution is -2.36. The highest BCUT2D eigenvalue weighted by Crippen LogP contribution is 1.79. The van der Waals surface area contributed by atoms with Crippen molar-refractivity contribution in [3.8, 4) is 0 Å². The van der Waals surface area contributed by atoms with Gasteiger partial charge in [0.15, 0.2) is 0 Å². The monoisotopic (exact) mass is 116 g/mol. The maximum absolute atomic E-state index is 5.55. The summed E-state index contributed by atoms with van der Waals surface area (Å²) in [6.45, 7) is 5.25. The van der Waals surface area contributed by atoms with Gasteiger partial charge in [-0.15, -0.1) is 0 Å². The SMILES string of the molecule is CCCN[C@@H](N)CC. The molecule has 3 N–H and O–H groups in total. The minimum Gasteiger partial charge on any atom is -0.316 e. The Kier molecular flexibility index (Phi) is 5.01. The van der Waals surface area contributed by atoms with E-state index in [1.165, 1.54) is 0 Å². The Morgan fingerprint density at radius 2 is 2.12 bits per heavy atom. The lowest BCUT2D eigenvalue weighted by molar-refractivity contribution is 0.513. The molecule has 0 rings (SSSR count). The highest BCUT2D eigenvalue weighted by Gasteiger charge is 1.92. The lowest BCUT2D eigenvalue weighted by atomic mass is 10.4. The highest BCUT2D eigenvalue weighted by molar-refractivity contribution is 4.52. The molecule has 0 aliphatic heterocycles. The fourth-order valence-electron chi connectivity index (χ4n) is 0.474. The largest absolute Gasteiger partial charge is 0.316 e. The van der Waals surface area contributed by atoms with E-state index in [4.69, 9.17) is 5.73 Å². The minimum absolute atomic E-state index is 0.204. The molecule has 0 saturated heterocycles. The third-order valence-corrected chi connectivity index (χ3v) is 1.10. The zero-order valence-electron chi connectivity index (χ0n) is 5.78. The van der Waals surface area contributed by atoms with Crippen LogP contribution >= 0.6 is 0 Å². The first kappa shape index (κ1) is 7.92. The van der Waals surface area contributed by atoms with Gasteiger partial charge in [0, 0.05) is 0 Å². The van der Waals surface area contributed by atoms with Gasteiger partial charge in [-0.2, -0.15) is 0 Å². The van der Waals surface area contributed by atoms with Crippen LogP contribution in [0.4, 0.5) is 0 Å². The molecule has 0 spiro atoms. The van der Waals surface area contributed by atoms with Gasteiger partial charge in [0.25, 0.3) is 0 Å². The van der Waals surface area contributed by atoms with E-state index in [0.29, 0.717) is 0 Å². The quantitative estimate of drug-likeness (QED) is 0.530. The van der Waals surface area contributed by atoms with Crippen LogP contribution in [0.15, 0.2) is 0 Å². The first-order valence-electron chi connectivity index (χ1n) is 3.30. The maximum Gasteiger partial charge on any atom is 0.0543 e. The van der Waals surface area contributed by atoms with E-state index in [1.807, 2.05) is 0 Å². The Hall–Kier alpha value is -0.0800. The Morgan fingerprint density at radius 1 is 1.50 bits per heavy atom. The molecule has 0 aromatic heterocycles. The molecule has 2 heteroatoms. The predicted molar refractivity (Wildman–Crippen MR) is 36.6 cm³/mol. The summed E-state index contributed by atoms with van der Waals surface area (Å²) in [5.41, 5.74) is 5.55. The van der Waals surface area contributed by atoms with Gasteiger partial charge < -0.3 is 11.1 Å². The van der Waals surface area contributed by atoms with Gasteiger partial charge >= 0.3 is 0 Å². The second kappa shape index (κ2) is 5.06. The van der Waals surface area contributed by atoms with Crippen LogP contribution in [0.25, 0.3) is 0 Å². The third kappa shape index (κ3) is 4.09. The normalized spacial score (nSPS) is 13.9. The first-order chi connectivity index (χ1) is 3.81. The molecule has 0 unspecified atom stereocenters. The summed E-state index contributed by atoms with van der Waals surface area (Å²) in [6.07, 6.45) is 2.38. The van der Waals surface area contributed by atoms with Crippen LogP contribution in [0.5, 0.6) is 0 Å². The Morgan fingerprint density at radius 3 is 2.50 bits per heavy atom. The summed E-state index contributed by atoms with van der Waals surface area (Å²) in [6, 6.07) is 0. The van der Waals surface area contributed by atoms with E-state index in [0.717, 1.165) is 19.4 Å². The van der Waals surface area contributed by atoms with Crippen LogP contribution in [-0.2, 0) is 0 Å². The average Bonchev–Trinajstić information content (AvgIpc) is 1.83. The van der Waals surface area contributed by atoms with Crippen LogP contribution in [-0.4, -0.2) is 12.7 Å². The molecule has 0 saturated carbocycles. The molecule has 0 aliphatic carbocycles. The average molecular weight is 116 g/mol. The van der Waals surface area contributed by atoms with E-state index in [1.54, 1.807) is 0 Å². The van der Waals surface area contributed by atoms with Crippen LogP contribution in [0, 0.1) is 0 Å². The van der Waals surface area contributed by atoms with Gasteiger partial charge in [0.05, 0.1) is 6.17 Å². The molecule has 0 aromatic carbocycles. The van der Waals surface area contributed by atoms with Crippen LogP contribution < -0.4 is 11.1 Å². The molecule has 0 fully saturated rings. The minimum atomic E-state index is 0.204. The second-order valence-corrected chi connectivity index (χ2v) is 1.97. The lowest BCUT2D eigenvalue weighted by Gasteiger charge is -2.08. The standard InChI is InChI=1S/C6H16N2/c1-3-5-8-6(7)4-2/h6,8H,3-5,7H2,1-2H3/t6-/m1/s1. The molecule has 1 atom stereocenters. The van der Waals surface area contributed by atoms with Gasteiger partial charge in [-0.1, -0.05) is 13.8 Å². The number of hydrogen-bond acceptors (Lipinski definition) is 2. The van der Waals surface area contributed by atoms with E-state index in [2.05, 4.69) is 19.2 Å². The van der Waals surface area contributed by atoms with Crippen molar-refractivity contribution in [2.45, 2.75) is 32.9 Å². The predicted octanol–water partition coefficient (Wildman–Crippen LogP) is 0.681. The van der Waals surface area contributed by atoms with Crippen LogP contribution in [0.3, 0.4) is 0 Å². The summed E-state index contributed by atoms with van der Waals surface area (Å²) in [4.78, 5) is 0. The molecule has 0 radical (unpaired) electrons. The highest BCUT2D eigenvalue weighted by atomic mass is 15.0. The van der Waals surface area contributed by atoms with Gasteiger partial charge in [0.1, 0.15) is 0 Å². The van der Waals surface area contributed by atoms with Crippen LogP contribution in [0.2, 0.25) is 0 Å². The van der Waals surface area contributed by atoms with Gasteiger partial charge in [-0.05, 0) is 19.4 Å². The molecular weight excluding hydrogens is 100 g/mol. The zero-order chi connectivity index (χ0) is 6.41. The fraction of sp³-hybridized carbons (Fsp3) is 1.00. The topological polar surface area (TPSA) is 38.0 Å². The van der Waals surface area contributed by atoms with E-state index >= 15 is 0 Å². The second-order valence-electron chi connectivity index (χ2n) is 1.97. The van der Waals surface area contributed by atoms with Gasteiger partial charge in [-0.3, -0.25) is 0 Å². The Labute approximate surface area is 51.5 Å². The summed E-state index contributed by atoms with van der Waals surface area (Å²) >= 11 is 0. The smallest absolute Gasteiger partial charge is 0.0543 e. The fourth-order valence-corrected chi connectivity index (χ4v) is 0.474.